The maximum Gasteiger partial charge on any atom is 0.137 e. The zero-order valence-electron chi connectivity index (χ0n) is 29.7. The molecule has 0 aromatic heterocycles. The molecule has 252 valence electrons. The van der Waals surface area contributed by atoms with Crippen LogP contribution in [0, 0.1) is 98.1 Å². The lowest BCUT2D eigenvalue weighted by Gasteiger charge is -2.85. The summed E-state index contributed by atoms with van der Waals surface area (Å²) in [5.74, 6) is 7.20. The van der Waals surface area contributed by atoms with Gasteiger partial charge < -0.3 is 0 Å². The summed E-state index contributed by atoms with van der Waals surface area (Å²) in [6, 6.07) is 0. The van der Waals surface area contributed by atoms with E-state index in [9.17, 15) is 19.2 Å². The first-order valence-electron chi connectivity index (χ1n) is 19.8. The molecule has 0 N–H and O–H groups in total. The summed E-state index contributed by atoms with van der Waals surface area (Å²) >= 11 is 0. The van der Waals surface area contributed by atoms with Crippen LogP contribution in [0.25, 0.3) is 0 Å². The molecule has 0 heterocycles. The molecule has 9 saturated carbocycles. The van der Waals surface area contributed by atoms with Crippen molar-refractivity contribution in [1.29, 1.82) is 0 Å². The predicted molar refractivity (Wildman–Crippen MR) is 177 cm³/mol. The van der Waals surface area contributed by atoms with Gasteiger partial charge in [-0.05, 0) is 172 Å². The first-order valence-corrected chi connectivity index (χ1v) is 19.8. The number of carbonyl (C=O) groups is 4. The van der Waals surface area contributed by atoms with E-state index in [0.29, 0.717) is 83.3 Å². The number of rotatable bonds is 2. The highest BCUT2D eigenvalue weighted by Crippen LogP contribution is 2.89. The first-order chi connectivity index (χ1) is 21.8. The van der Waals surface area contributed by atoms with E-state index < -0.39 is 0 Å². The Kier molecular flexibility index (Phi) is 6.32. The van der Waals surface area contributed by atoms with Gasteiger partial charge in [0.25, 0.3) is 0 Å². The highest BCUT2D eigenvalue weighted by Gasteiger charge is 2.87. The molecule has 4 nitrogen and oxygen atoms in total. The molecule has 2 spiro atoms. The van der Waals surface area contributed by atoms with Gasteiger partial charge in [0, 0.05) is 36.5 Å². The van der Waals surface area contributed by atoms with Crippen molar-refractivity contribution >= 4 is 23.1 Å². The summed E-state index contributed by atoms with van der Waals surface area (Å²) in [4.78, 5) is 54.8. The van der Waals surface area contributed by atoms with Crippen molar-refractivity contribution in [3.05, 3.63) is 0 Å². The van der Waals surface area contributed by atoms with Gasteiger partial charge in [0.2, 0.25) is 0 Å². The highest BCUT2D eigenvalue weighted by molar-refractivity contribution is 5.94. The van der Waals surface area contributed by atoms with Crippen LogP contribution in [-0.4, -0.2) is 23.1 Å². The fraction of sp³-hybridized carbons (Fsp3) is 0.905. The van der Waals surface area contributed by atoms with Gasteiger partial charge in [-0.15, -0.1) is 0 Å². The quantitative estimate of drug-likeness (QED) is 0.307. The van der Waals surface area contributed by atoms with E-state index in [1.165, 1.54) is 25.7 Å². The van der Waals surface area contributed by atoms with Crippen LogP contribution in [0.5, 0.6) is 0 Å². The number of Topliss-reactive ketones (excluding diaryl/α,β-unsaturated/α-hetero) is 4. The third kappa shape index (κ3) is 3.18. The second-order valence-electron chi connectivity index (χ2n) is 20.0. The number of fused-ring (bicyclic) bond motifs is 8. The topological polar surface area (TPSA) is 68.3 Å². The molecular formula is C42H60O4. The van der Waals surface area contributed by atoms with Crippen LogP contribution in [0.15, 0.2) is 0 Å². The fourth-order valence-corrected chi connectivity index (χ4v) is 18.3. The van der Waals surface area contributed by atoms with Crippen molar-refractivity contribution in [3.8, 4) is 0 Å². The molecule has 0 aromatic rings. The molecule has 0 radical (unpaired) electrons. The molecule has 0 amide bonds. The van der Waals surface area contributed by atoms with Gasteiger partial charge in [0.05, 0.1) is 0 Å². The normalized spacial score (nSPS) is 59.8. The summed E-state index contributed by atoms with van der Waals surface area (Å²) in [5.41, 5.74) is -0.106. The van der Waals surface area contributed by atoms with Gasteiger partial charge in [0.15, 0.2) is 0 Å². The molecule has 12 unspecified atom stereocenters. The number of hydrogen-bond acceptors (Lipinski definition) is 4. The van der Waals surface area contributed by atoms with E-state index in [4.69, 9.17) is 0 Å². The largest absolute Gasteiger partial charge is 0.300 e. The Hall–Kier alpha value is -1.32. The van der Waals surface area contributed by atoms with Crippen molar-refractivity contribution < 1.29 is 19.2 Å². The van der Waals surface area contributed by atoms with Gasteiger partial charge in [-0.2, -0.15) is 0 Å². The Bertz CT molecular complexity index is 1390. The molecule has 9 aliphatic carbocycles. The second kappa shape index (κ2) is 9.47. The summed E-state index contributed by atoms with van der Waals surface area (Å²) in [7, 11) is 0. The minimum absolute atomic E-state index is 0.0357. The Morgan fingerprint density at radius 1 is 0.609 bits per heavy atom. The van der Waals surface area contributed by atoms with Gasteiger partial charge in [-0.3, -0.25) is 19.2 Å². The summed E-state index contributed by atoms with van der Waals surface area (Å²) < 4.78 is 0. The average Bonchev–Trinajstić information content (AvgIpc) is 3.60. The zero-order valence-corrected chi connectivity index (χ0v) is 29.7. The Labute approximate surface area is 277 Å². The lowest BCUT2D eigenvalue weighted by atomic mass is 9.17. The maximum atomic E-state index is 14.7. The van der Waals surface area contributed by atoms with Gasteiger partial charge in [0.1, 0.15) is 23.1 Å². The lowest BCUT2D eigenvalue weighted by Crippen LogP contribution is -2.84. The minimum Gasteiger partial charge on any atom is -0.300 e. The van der Waals surface area contributed by atoms with Crippen molar-refractivity contribution in [2.24, 2.45) is 98.1 Å². The summed E-state index contributed by atoms with van der Waals surface area (Å²) in [6.45, 7) is 13.7. The molecule has 0 aliphatic heterocycles. The second-order valence-corrected chi connectivity index (χ2v) is 20.0. The fourth-order valence-electron chi connectivity index (χ4n) is 18.3. The number of carbonyl (C=O) groups excluding carboxylic acids is 4. The molecule has 0 saturated heterocycles. The summed E-state index contributed by atoms with van der Waals surface area (Å²) in [5, 5.41) is 0. The van der Waals surface area contributed by atoms with Gasteiger partial charge >= 0.3 is 0 Å². The van der Waals surface area contributed by atoms with Crippen molar-refractivity contribution in [1.82, 2.24) is 0 Å². The van der Waals surface area contributed by atoms with Crippen LogP contribution in [0.3, 0.4) is 0 Å². The SMILES string of the molecule is CC(=O)C1CCC2C3CCC45C(C(=O)CC[C@]4(C)C3C[C@@H](C)C12)C12CCC3C4CC[C@H](C(C)=O)[C@@]4(C)CCC3[C@@]1(C)CCC(=O)C52. The van der Waals surface area contributed by atoms with E-state index in [0.717, 1.165) is 57.8 Å². The van der Waals surface area contributed by atoms with E-state index in [2.05, 4.69) is 27.7 Å². The van der Waals surface area contributed by atoms with Crippen LogP contribution < -0.4 is 0 Å². The van der Waals surface area contributed by atoms with E-state index in [1.54, 1.807) is 0 Å². The molecule has 9 fully saturated rings. The Balaban J connectivity index is 1.11. The van der Waals surface area contributed by atoms with Crippen LogP contribution >= 0.6 is 0 Å². The monoisotopic (exact) mass is 628 g/mol. The average molecular weight is 629 g/mol. The lowest BCUT2D eigenvalue weighted by molar-refractivity contribution is -0.355. The van der Waals surface area contributed by atoms with Crippen LogP contribution in [0.2, 0.25) is 0 Å². The van der Waals surface area contributed by atoms with Gasteiger partial charge in [-0.25, -0.2) is 0 Å². The molecular weight excluding hydrogens is 568 g/mol. The molecule has 4 heteroatoms. The molecule has 0 bridgehead atoms. The highest BCUT2D eigenvalue weighted by atomic mass is 16.1. The third-order valence-electron chi connectivity index (χ3n) is 19.6. The zero-order chi connectivity index (χ0) is 32.3. The molecule has 9 aliphatic rings. The number of hydrogen-bond donors (Lipinski definition) is 0. The molecule has 0 aromatic carbocycles. The van der Waals surface area contributed by atoms with Crippen LogP contribution in [-0.2, 0) is 19.2 Å². The molecule has 46 heavy (non-hydrogen) atoms. The van der Waals surface area contributed by atoms with Crippen LogP contribution in [0.1, 0.15) is 138 Å². The smallest absolute Gasteiger partial charge is 0.137 e. The maximum absolute atomic E-state index is 14.7. The summed E-state index contributed by atoms with van der Waals surface area (Å²) in [6.07, 6.45) is 15.8. The third-order valence-corrected chi connectivity index (χ3v) is 19.6. The molecule has 17 atom stereocenters. The van der Waals surface area contributed by atoms with Crippen molar-refractivity contribution in [3.63, 3.8) is 0 Å². The van der Waals surface area contributed by atoms with Crippen molar-refractivity contribution in [2.75, 3.05) is 0 Å². The van der Waals surface area contributed by atoms with E-state index in [-0.39, 0.29) is 50.7 Å². The van der Waals surface area contributed by atoms with E-state index in [1.807, 2.05) is 13.8 Å². The minimum atomic E-state index is -0.156. The van der Waals surface area contributed by atoms with Crippen LogP contribution in [0.4, 0.5) is 0 Å². The number of ketones is 4. The standard InChI is InChI=1S/C42H60O4/c1-22-21-32-26(27-8-7-25(23(2)43)35(22)27)11-19-42-36-33(45)14-17-39(5)31-13-16-38(4)29(24(3)44)9-10-30(38)28(31)12-20-41(36,39)37(42)34(46)15-18-40(32,42)6/h22,25-32,35-37H,7-21H2,1-6H3/t22-,25?,26?,27?,28?,29-,30?,31?,32?,35?,36?,37?,38-,39-,40-,41?,42?/m1/s1. The molecule has 9 rings (SSSR count). The van der Waals surface area contributed by atoms with Crippen molar-refractivity contribution in [2.45, 2.75) is 138 Å². The first kappa shape index (κ1) is 30.7. The Morgan fingerprint density at radius 3 is 1.83 bits per heavy atom. The van der Waals surface area contributed by atoms with Gasteiger partial charge in [-0.1, -0.05) is 27.7 Å². The Morgan fingerprint density at radius 2 is 1.22 bits per heavy atom. The predicted octanol–water partition coefficient (Wildman–Crippen LogP) is 8.68. The van der Waals surface area contributed by atoms with E-state index >= 15 is 0 Å².